The summed E-state index contributed by atoms with van der Waals surface area (Å²) in [6.45, 7) is 13.4. The summed E-state index contributed by atoms with van der Waals surface area (Å²) in [6, 6.07) is -3.07. The number of likely N-dealkylation sites (tertiary alicyclic amines) is 1. The van der Waals surface area contributed by atoms with Gasteiger partial charge in [0.25, 0.3) is 0 Å². The van der Waals surface area contributed by atoms with Crippen LogP contribution in [0.3, 0.4) is 0 Å². The molecular formula is C24H43F2N5O4. The van der Waals surface area contributed by atoms with Crippen LogP contribution in [-0.4, -0.2) is 98.0 Å². The number of amides is 3. The van der Waals surface area contributed by atoms with Crippen molar-refractivity contribution in [1.29, 1.82) is 0 Å². The van der Waals surface area contributed by atoms with E-state index in [-0.39, 0.29) is 24.3 Å². The summed E-state index contributed by atoms with van der Waals surface area (Å²) in [5.74, 6) is -1.69. The summed E-state index contributed by atoms with van der Waals surface area (Å²) < 4.78 is 31.9. The van der Waals surface area contributed by atoms with Crippen LogP contribution in [0, 0.1) is 17.3 Å². The Morgan fingerprint density at radius 2 is 1.74 bits per heavy atom. The predicted molar refractivity (Wildman–Crippen MR) is 129 cm³/mol. The number of carbonyl (C=O) groups excluding carboxylic acids is 3. The van der Waals surface area contributed by atoms with Gasteiger partial charge in [-0.05, 0) is 23.7 Å². The van der Waals surface area contributed by atoms with Crippen molar-refractivity contribution < 1.29 is 27.9 Å². The number of halogens is 2. The molecule has 3 amide bonds. The molecule has 0 radical (unpaired) electrons. The lowest BCUT2D eigenvalue weighted by molar-refractivity contribution is -0.143. The van der Waals surface area contributed by atoms with Crippen LogP contribution < -0.4 is 16.4 Å². The number of ether oxygens (including phenoxy) is 1. The number of alkyl halides is 2. The molecule has 0 unspecified atom stereocenters. The first kappa shape index (κ1) is 29.4. The van der Waals surface area contributed by atoms with Crippen molar-refractivity contribution in [2.45, 2.75) is 72.0 Å². The average Bonchev–Trinajstić information content (AvgIpc) is 3.23. The lowest BCUT2D eigenvalue weighted by Gasteiger charge is -2.35. The fraction of sp³-hybridized carbons (Fsp3) is 0.875. The van der Waals surface area contributed by atoms with Gasteiger partial charge in [-0.2, -0.15) is 0 Å². The van der Waals surface area contributed by atoms with E-state index in [0.717, 1.165) is 13.1 Å². The summed E-state index contributed by atoms with van der Waals surface area (Å²) in [5, 5.41) is 5.19. The van der Waals surface area contributed by atoms with E-state index in [1.807, 2.05) is 34.6 Å². The highest BCUT2D eigenvalue weighted by Gasteiger charge is 2.46. The van der Waals surface area contributed by atoms with Gasteiger partial charge in [0, 0.05) is 39.1 Å². The Kier molecular flexibility index (Phi) is 10.8. The SMILES string of the molecule is CC(C)[C@H]1CCN(C(=O)[C@@H](N)C(C)(C)C)[C@@H]1C(=O)N[C@@H](CC(F)F)C(=O)NCCN1CCOCC1. The van der Waals surface area contributed by atoms with Gasteiger partial charge < -0.3 is 26.0 Å². The van der Waals surface area contributed by atoms with E-state index in [9.17, 15) is 23.2 Å². The second kappa shape index (κ2) is 12.9. The number of hydrogen-bond acceptors (Lipinski definition) is 6. The Morgan fingerprint density at radius 1 is 1.11 bits per heavy atom. The number of carbonyl (C=O) groups is 3. The van der Waals surface area contributed by atoms with Crippen LogP contribution in [0.5, 0.6) is 0 Å². The molecule has 11 heteroatoms. The van der Waals surface area contributed by atoms with Crippen molar-refractivity contribution in [2.75, 3.05) is 45.9 Å². The van der Waals surface area contributed by atoms with E-state index < -0.39 is 48.2 Å². The molecule has 0 aliphatic carbocycles. The Hall–Kier alpha value is -1.85. The maximum absolute atomic E-state index is 13.4. The van der Waals surface area contributed by atoms with Gasteiger partial charge in [-0.3, -0.25) is 19.3 Å². The Labute approximate surface area is 207 Å². The van der Waals surface area contributed by atoms with Gasteiger partial charge in [-0.1, -0.05) is 34.6 Å². The van der Waals surface area contributed by atoms with Crippen LogP contribution in [0.4, 0.5) is 8.78 Å². The molecule has 0 spiro atoms. The molecule has 2 aliphatic rings. The second-order valence-electron chi connectivity index (χ2n) is 10.9. The molecule has 2 fully saturated rings. The van der Waals surface area contributed by atoms with E-state index in [0.29, 0.717) is 32.7 Å². The molecule has 2 saturated heterocycles. The van der Waals surface area contributed by atoms with Crippen LogP contribution in [0.2, 0.25) is 0 Å². The molecular weight excluding hydrogens is 460 g/mol. The molecule has 0 saturated carbocycles. The highest BCUT2D eigenvalue weighted by molar-refractivity contribution is 5.94. The molecule has 0 bridgehead atoms. The van der Waals surface area contributed by atoms with Crippen molar-refractivity contribution in [3.63, 3.8) is 0 Å². The van der Waals surface area contributed by atoms with Crippen LogP contribution >= 0.6 is 0 Å². The predicted octanol–water partition coefficient (Wildman–Crippen LogP) is 0.821. The summed E-state index contributed by atoms with van der Waals surface area (Å²) in [4.78, 5) is 42.9. The first-order chi connectivity index (χ1) is 16.3. The van der Waals surface area contributed by atoms with Gasteiger partial charge in [-0.25, -0.2) is 8.78 Å². The number of rotatable bonds is 10. The van der Waals surface area contributed by atoms with Gasteiger partial charge in [0.15, 0.2) is 0 Å². The summed E-state index contributed by atoms with van der Waals surface area (Å²) in [6.07, 6.45) is -2.98. The quantitative estimate of drug-likeness (QED) is 0.407. The lowest BCUT2D eigenvalue weighted by atomic mass is 9.85. The van der Waals surface area contributed by atoms with E-state index >= 15 is 0 Å². The minimum absolute atomic E-state index is 0.0744. The third-order valence-corrected chi connectivity index (χ3v) is 6.93. The third kappa shape index (κ3) is 8.35. The van der Waals surface area contributed by atoms with Crippen LogP contribution in [-0.2, 0) is 19.1 Å². The number of hydrogen-bond donors (Lipinski definition) is 3. The van der Waals surface area contributed by atoms with Gasteiger partial charge >= 0.3 is 0 Å². The average molecular weight is 504 g/mol. The van der Waals surface area contributed by atoms with Gasteiger partial charge in [0.2, 0.25) is 24.1 Å². The third-order valence-electron chi connectivity index (χ3n) is 6.93. The number of nitrogens with two attached hydrogens (primary N) is 1. The van der Waals surface area contributed by atoms with Crippen LogP contribution in [0.15, 0.2) is 0 Å². The minimum Gasteiger partial charge on any atom is -0.379 e. The largest absolute Gasteiger partial charge is 0.379 e. The monoisotopic (exact) mass is 503 g/mol. The molecule has 4 atom stereocenters. The second-order valence-corrected chi connectivity index (χ2v) is 10.9. The van der Waals surface area contributed by atoms with Crippen molar-refractivity contribution in [3.05, 3.63) is 0 Å². The van der Waals surface area contributed by atoms with E-state index in [4.69, 9.17) is 10.5 Å². The summed E-state index contributed by atoms with van der Waals surface area (Å²) >= 11 is 0. The van der Waals surface area contributed by atoms with Crippen LogP contribution in [0.25, 0.3) is 0 Å². The highest BCUT2D eigenvalue weighted by atomic mass is 19.3. The fourth-order valence-corrected chi connectivity index (χ4v) is 4.60. The van der Waals surface area contributed by atoms with E-state index in [1.54, 1.807) is 0 Å². The van der Waals surface area contributed by atoms with Crippen molar-refractivity contribution in [1.82, 2.24) is 20.4 Å². The lowest BCUT2D eigenvalue weighted by Crippen LogP contribution is -2.59. The normalized spacial score (nSPS) is 23.4. The number of nitrogens with zero attached hydrogens (tertiary/aromatic N) is 2. The molecule has 202 valence electrons. The van der Waals surface area contributed by atoms with Crippen molar-refractivity contribution >= 4 is 17.7 Å². The zero-order valence-electron chi connectivity index (χ0n) is 21.7. The summed E-state index contributed by atoms with van der Waals surface area (Å²) in [5.41, 5.74) is 5.68. The molecule has 2 aliphatic heterocycles. The number of morpholine rings is 1. The molecule has 4 N–H and O–H groups in total. The van der Waals surface area contributed by atoms with E-state index in [1.165, 1.54) is 4.90 Å². The maximum Gasteiger partial charge on any atom is 0.243 e. The zero-order valence-corrected chi connectivity index (χ0v) is 21.7. The van der Waals surface area contributed by atoms with E-state index in [2.05, 4.69) is 15.5 Å². The molecule has 2 rings (SSSR count). The minimum atomic E-state index is -2.78. The standard InChI is InChI=1S/C24H43F2N5O4/c1-15(2)16-6-8-31(23(34)20(27)24(3,4)5)19(16)22(33)29-17(14-18(25)26)21(32)28-7-9-30-10-12-35-13-11-30/h15-20H,6-14,27H2,1-5H3,(H,28,32)(H,29,33)/t16-,17+,19+,20-/m1/s1. The Bertz CT molecular complexity index is 725. The maximum atomic E-state index is 13.4. The molecule has 0 aromatic rings. The number of nitrogens with one attached hydrogen (secondary N) is 2. The smallest absolute Gasteiger partial charge is 0.243 e. The zero-order chi connectivity index (χ0) is 26.3. The van der Waals surface area contributed by atoms with Gasteiger partial charge in [0.05, 0.1) is 19.3 Å². The van der Waals surface area contributed by atoms with Crippen molar-refractivity contribution in [2.24, 2.45) is 23.0 Å². The van der Waals surface area contributed by atoms with Gasteiger partial charge in [0.1, 0.15) is 12.1 Å². The Morgan fingerprint density at radius 3 is 2.29 bits per heavy atom. The topological polar surface area (TPSA) is 117 Å². The molecule has 0 aromatic heterocycles. The first-order valence-corrected chi connectivity index (χ1v) is 12.5. The molecule has 0 aromatic carbocycles. The summed E-state index contributed by atoms with van der Waals surface area (Å²) in [7, 11) is 0. The molecule has 35 heavy (non-hydrogen) atoms. The molecule has 9 nitrogen and oxygen atoms in total. The highest BCUT2D eigenvalue weighted by Crippen LogP contribution is 2.33. The molecule has 2 heterocycles. The fourth-order valence-electron chi connectivity index (χ4n) is 4.60. The van der Waals surface area contributed by atoms with Gasteiger partial charge in [-0.15, -0.1) is 0 Å². The van der Waals surface area contributed by atoms with Crippen LogP contribution in [0.1, 0.15) is 47.5 Å². The first-order valence-electron chi connectivity index (χ1n) is 12.5. The Balaban J connectivity index is 2.10. The van der Waals surface area contributed by atoms with Crippen molar-refractivity contribution in [3.8, 4) is 0 Å².